The van der Waals surface area contributed by atoms with Gasteiger partial charge in [0.25, 0.3) is 5.91 Å². The van der Waals surface area contributed by atoms with Crippen LogP contribution in [0.2, 0.25) is 0 Å². The number of carboxylic acid groups (broad SMARTS) is 1. The molecule has 1 rings (SSSR count). The second-order valence-corrected chi connectivity index (χ2v) is 4.61. The lowest BCUT2D eigenvalue weighted by Crippen LogP contribution is -2.24. The quantitative estimate of drug-likeness (QED) is 0.717. The van der Waals surface area contributed by atoms with Gasteiger partial charge in [0.1, 0.15) is 5.75 Å². The summed E-state index contributed by atoms with van der Waals surface area (Å²) in [5.41, 5.74) is 0.539. The Hall–Kier alpha value is -2.04. The van der Waals surface area contributed by atoms with Crippen LogP contribution in [0.1, 0.15) is 43.5 Å². The highest BCUT2D eigenvalue weighted by atomic mass is 16.5. The van der Waals surface area contributed by atoms with Crippen molar-refractivity contribution in [3.8, 4) is 5.75 Å². The molecule has 0 aromatic heterocycles. The van der Waals surface area contributed by atoms with E-state index in [1.54, 1.807) is 24.3 Å². The van der Waals surface area contributed by atoms with Gasteiger partial charge in [-0.15, -0.1) is 0 Å². The van der Waals surface area contributed by atoms with E-state index in [4.69, 9.17) is 9.84 Å². The maximum atomic E-state index is 11.8. The molecule has 1 atom stereocenters. The van der Waals surface area contributed by atoms with E-state index < -0.39 is 5.97 Å². The third kappa shape index (κ3) is 5.73. The SMILES string of the molecule is CCC(C)Oc1ccc(C(=O)NCCCC(=O)O)cc1. The van der Waals surface area contributed by atoms with Gasteiger partial charge in [-0.05, 0) is 44.0 Å². The maximum Gasteiger partial charge on any atom is 0.303 e. The minimum atomic E-state index is -0.856. The molecule has 5 nitrogen and oxygen atoms in total. The fourth-order valence-corrected chi connectivity index (χ4v) is 1.54. The number of benzene rings is 1. The lowest BCUT2D eigenvalue weighted by atomic mass is 10.2. The molecule has 1 unspecified atom stereocenters. The lowest BCUT2D eigenvalue weighted by Gasteiger charge is -2.12. The van der Waals surface area contributed by atoms with E-state index in [1.807, 2.05) is 13.8 Å². The smallest absolute Gasteiger partial charge is 0.303 e. The van der Waals surface area contributed by atoms with Gasteiger partial charge in [-0.2, -0.15) is 0 Å². The molecule has 0 bridgehead atoms. The van der Waals surface area contributed by atoms with E-state index in [-0.39, 0.29) is 18.4 Å². The molecule has 0 heterocycles. The van der Waals surface area contributed by atoms with Gasteiger partial charge in [-0.25, -0.2) is 0 Å². The second kappa shape index (κ2) is 8.19. The molecule has 0 aliphatic rings. The Balaban J connectivity index is 2.43. The number of carbonyl (C=O) groups excluding carboxylic acids is 1. The number of rotatable bonds is 8. The van der Waals surface area contributed by atoms with Gasteiger partial charge in [0, 0.05) is 18.5 Å². The van der Waals surface area contributed by atoms with Crippen molar-refractivity contribution in [3.63, 3.8) is 0 Å². The van der Waals surface area contributed by atoms with Crippen molar-refractivity contribution in [3.05, 3.63) is 29.8 Å². The zero-order valence-corrected chi connectivity index (χ0v) is 11.9. The minimum Gasteiger partial charge on any atom is -0.491 e. The first-order valence-corrected chi connectivity index (χ1v) is 6.79. The van der Waals surface area contributed by atoms with Crippen molar-refractivity contribution in [2.75, 3.05) is 6.54 Å². The molecule has 0 aliphatic heterocycles. The molecule has 1 amide bonds. The molecule has 20 heavy (non-hydrogen) atoms. The van der Waals surface area contributed by atoms with Crippen LogP contribution in [0.15, 0.2) is 24.3 Å². The summed E-state index contributed by atoms with van der Waals surface area (Å²) in [6, 6.07) is 6.92. The van der Waals surface area contributed by atoms with Gasteiger partial charge in [0.2, 0.25) is 0 Å². The maximum absolute atomic E-state index is 11.8. The van der Waals surface area contributed by atoms with Crippen LogP contribution in [0.25, 0.3) is 0 Å². The Bertz CT molecular complexity index is 442. The number of amides is 1. The molecule has 5 heteroatoms. The van der Waals surface area contributed by atoms with Gasteiger partial charge >= 0.3 is 5.97 Å². The fourth-order valence-electron chi connectivity index (χ4n) is 1.54. The van der Waals surface area contributed by atoms with Crippen molar-refractivity contribution in [1.82, 2.24) is 5.32 Å². The predicted molar refractivity (Wildman–Crippen MR) is 76.0 cm³/mol. The molecular weight excluding hydrogens is 258 g/mol. The van der Waals surface area contributed by atoms with Crippen LogP contribution < -0.4 is 10.1 Å². The summed E-state index contributed by atoms with van der Waals surface area (Å²) in [5, 5.41) is 11.2. The van der Waals surface area contributed by atoms with Crippen LogP contribution in [-0.4, -0.2) is 29.6 Å². The Morgan fingerprint density at radius 1 is 1.30 bits per heavy atom. The molecule has 0 aliphatic carbocycles. The third-order valence-corrected chi connectivity index (χ3v) is 2.88. The first kappa shape index (κ1) is 16.0. The van der Waals surface area contributed by atoms with Crippen LogP contribution in [-0.2, 0) is 4.79 Å². The highest BCUT2D eigenvalue weighted by Crippen LogP contribution is 2.14. The molecule has 0 spiro atoms. The van der Waals surface area contributed by atoms with Crippen LogP contribution in [0.3, 0.4) is 0 Å². The van der Waals surface area contributed by atoms with Crippen LogP contribution in [0.4, 0.5) is 0 Å². The number of carboxylic acids is 1. The van der Waals surface area contributed by atoms with Crippen LogP contribution in [0, 0.1) is 0 Å². The van der Waals surface area contributed by atoms with Crippen molar-refractivity contribution in [2.24, 2.45) is 0 Å². The zero-order chi connectivity index (χ0) is 15.0. The number of hydrogen-bond donors (Lipinski definition) is 2. The summed E-state index contributed by atoms with van der Waals surface area (Å²) in [5.74, 6) is -0.321. The van der Waals surface area contributed by atoms with Gasteiger partial charge in [0.05, 0.1) is 6.10 Å². The lowest BCUT2D eigenvalue weighted by molar-refractivity contribution is -0.137. The van der Waals surface area contributed by atoms with Crippen LogP contribution >= 0.6 is 0 Å². The fraction of sp³-hybridized carbons (Fsp3) is 0.467. The summed E-state index contributed by atoms with van der Waals surface area (Å²) in [6.45, 7) is 4.39. The van der Waals surface area contributed by atoms with Crippen molar-refractivity contribution >= 4 is 11.9 Å². The predicted octanol–water partition coefficient (Wildman–Crippen LogP) is 2.46. The van der Waals surface area contributed by atoms with Gasteiger partial charge < -0.3 is 15.2 Å². The average molecular weight is 279 g/mol. The molecule has 2 N–H and O–H groups in total. The number of hydrogen-bond acceptors (Lipinski definition) is 3. The first-order valence-electron chi connectivity index (χ1n) is 6.79. The average Bonchev–Trinajstić information content (AvgIpc) is 2.43. The van der Waals surface area contributed by atoms with E-state index in [9.17, 15) is 9.59 Å². The van der Waals surface area contributed by atoms with Gasteiger partial charge in [-0.1, -0.05) is 6.92 Å². The third-order valence-electron chi connectivity index (χ3n) is 2.88. The summed E-state index contributed by atoms with van der Waals surface area (Å²) < 4.78 is 5.63. The molecule has 0 radical (unpaired) electrons. The highest BCUT2D eigenvalue weighted by Gasteiger charge is 2.06. The molecule has 110 valence electrons. The Labute approximate surface area is 118 Å². The van der Waals surface area contributed by atoms with Crippen molar-refractivity contribution in [2.45, 2.75) is 39.2 Å². The summed E-state index contributed by atoms with van der Waals surface area (Å²) >= 11 is 0. The molecule has 0 saturated carbocycles. The first-order chi connectivity index (χ1) is 9.52. The molecule has 0 saturated heterocycles. The molecular formula is C15H21NO4. The summed E-state index contributed by atoms with van der Waals surface area (Å²) in [7, 11) is 0. The second-order valence-electron chi connectivity index (χ2n) is 4.61. The molecule has 1 aromatic rings. The standard InChI is InChI=1S/C15H21NO4/c1-3-11(2)20-13-8-6-12(7-9-13)15(19)16-10-4-5-14(17)18/h6-9,11H,3-5,10H2,1-2H3,(H,16,19)(H,17,18). The van der Waals surface area contributed by atoms with E-state index in [0.717, 1.165) is 12.2 Å². The van der Waals surface area contributed by atoms with Gasteiger partial charge in [0.15, 0.2) is 0 Å². The number of carbonyl (C=O) groups is 2. The Morgan fingerprint density at radius 2 is 1.95 bits per heavy atom. The zero-order valence-electron chi connectivity index (χ0n) is 11.9. The van der Waals surface area contributed by atoms with Gasteiger partial charge in [-0.3, -0.25) is 9.59 Å². The van der Waals surface area contributed by atoms with E-state index in [1.165, 1.54) is 0 Å². The minimum absolute atomic E-state index is 0.0575. The van der Waals surface area contributed by atoms with E-state index >= 15 is 0 Å². The molecule has 0 fully saturated rings. The van der Waals surface area contributed by atoms with Crippen LogP contribution in [0.5, 0.6) is 5.75 Å². The summed E-state index contributed by atoms with van der Waals surface area (Å²) in [4.78, 5) is 22.1. The number of aliphatic carboxylic acids is 1. The monoisotopic (exact) mass is 279 g/mol. The number of nitrogens with one attached hydrogen (secondary N) is 1. The Kier molecular flexibility index (Phi) is 6.56. The number of ether oxygens (including phenoxy) is 1. The topological polar surface area (TPSA) is 75.6 Å². The van der Waals surface area contributed by atoms with Crippen molar-refractivity contribution < 1.29 is 19.4 Å². The van der Waals surface area contributed by atoms with Crippen molar-refractivity contribution in [1.29, 1.82) is 0 Å². The summed E-state index contributed by atoms with van der Waals surface area (Å²) in [6.07, 6.45) is 1.55. The largest absolute Gasteiger partial charge is 0.491 e. The van der Waals surface area contributed by atoms with E-state index in [0.29, 0.717) is 18.5 Å². The Morgan fingerprint density at radius 3 is 2.50 bits per heavy atom. The molecule has 1 aromatic carbocycles. The van der Waals surface area contributed by atoms with E-state index in [2.05, 4.69) is 5.32 Å². The highest BCUT2D eigenvalue weighted by molar-refractivity contribution is 5.94. The normalized spacial score (nSPS) is 11.7.